The van der Waals surface area contributed by atoms with Crippen LogP contribution in [0.5, 0.6) is 0 Å². The van der Waals surface area contributed by atoms with Crippen molar-refractivity contribution in [2.24, 2.45) is 46.8 Å². The van der Waals surface area contributed by atoms with Gasteiger partial charge in [-0.15, -0.1) is 0 Å². The molecule has 1 aromatic rings. The molecule has 3 saturated heterocycles. The molecule has 50 heavy (non-hydrogen) atoms. The van der Waals surface area contributed by atoms with E-state index in [0.717, 1.165) is 49.7 Å². The second kappa shape index (κ2) is 13.1. The number of methoxy groups -OCH3 is 1. The van der Waals surface area contributed by atoms with Crippen LogP contribution in [0.3, 0.4) is 0 Å². The number of hydrogen-bond acceptors (Lipinski definition) is 8. The van der Waals surface area contributed by atoms with Crippen LogP contribution < -0.4 is 0 Å². The minimum Gasteiger partial charge on any atom is -0.492 e. The van der Waals surface area contributed by atoms with Crippen molar-refractivity contribution in [1.82, 2.24) is 4.90 Å². The van der Waals surface area contributed by atoms with Gasteiger partial charge < -0.3 is 19.3 Å². The molecule has 12 atom stereocenters. The topological polar surface area (TPSA) is 68.2 Å². The molecule has 6 nitrogen and oxygen atoms in total. The molecule has 2 saturated carbocycles. The molecule has 5 fully saturated rings. The van der Waals surface area contributed by atoms with Crippen molar-refractivity contribution in [2.45, 2.75) is 96.2 Å². The standard InChI is InChI=1S/C42H53NO5S2/c1-23-12-13-28-22-50-49-21-26-14-15-42(19-26)20-31-30(35(42)27-9-6-5-7-10-27)18-32-34-24(2)39(40-38(46-4)25(3)41(45)48-40)47-33(34)11-8-16-43(32)36(31)37(44)29(28)17-23/h5-7,9-11,13,23-24,26,29-32,34-37,44H,8,12,14-22H2,1-4H3. The highest BCUT2D eigenvalue weighted by Crippen LogP contribution is 2.69. The van der Waals surface area contributed by atoms with E-state index in [1.807, 2.05) is 10.8 Å². The normalized spacial score (nSPS) is 44.3. The highest BCUT2D eigenvalue weighted by molar-refractivity contribution is 8.76. The van der Waals surface area contributed by atoms with Gasteiger partial charge in [0.2, 0.25) is 5.76 Å². The third-order valence-electron chi connectivity index (χ3n) is 14.4. The number of aliphatic hydroxyl groups is 1. The van der Waals surface area contributed by atoms with Gasteiger partial charge in [0.1, 0.15) is 5.76 Å². The fraction of sp³-hybridized carbons (Fsp3) is 0.643. The largest absolute Gasteiger partial charge is 0.492 e. The Morgan fingerprint density at radius 3 is 2.70 bits per heavy atom. The average Bonchev–Trinajstić information content (AvgIpc) is 3.81. The molecule has 8 heteroatoms. The van der Waals surface area contributed by atoms with Gasteiger partial charge in [-0.2, -0.15) is 0 Å². The molecule has 8 aliphatic rings. The summed E-state index contributed by atoms with van der Waals surface area (Å²) in [5.41, 5.74) is 3.76. The number of fused-ring (bicyclic) bond motifs is 6. The molecule has 0 amide bonds. The Hall–Kier alpha value is -2.13. The van der Waals surface area contributed by atoms with Crippen molar-refractivity contribution < 1.29 is 24.1 Å². The molecule has 5 heterocycles. The van der Waals surface area contributed by atoms with Crippen molar-refractivity contribution in [2.75, 3.05) is 25.2 Å². The van der Waals surface area contributed by atoms with E-state index in [0.29, 0.717) is 46.5 Å². The van der Waals surface area contributed by atoms with Crippen LogP contribution in [-0.4, -0.2) is 59.3 Å². The molecular formula is C42H53NO5S2. The summed E-state index contributed by atoms with van der Waals surface area (Å²) in [4.78, 5) is 15.5. The van der Waals surface area contributed by atoms with Crippen LogP contribution in [0.1, 0.15) is 83.6 Å². The second-order valence-electron chi connectivity index (χ2n) is 17.0. The van der Waals surface area contributed by atoms with Crippen LogP contribution in [0.2, 0.25) is 0 Å². The Balaban J connectivity index is 1.18. The zero-order valence-electron chi connectivity index (χ0n) is 30.0. The number of benzene rings is 1. The number of esters is 1. The summed E-state index contributed by atoms with van der Waals surface area (Å²) in [5, 5.41) is 13.1. The fourth-order valence-electron chi connectivity index (χ4n) is 12.4. The van der Waals surface area contributed by atoms with E-state index in [-0.39, 0.29) is 41.2 Å². The number of ether oxygens (including phenoxy) is 3. The minimum atomic E-state index is -0.409. The van der Waals surface area contributed by atoms with Gasteiger partial charge in [0.05, 0.1) is 18.8 Å². The van der Waals surface area contributed by atoms with Crippen molar-refractivity contribution in [1.29, 1.82) is 0 Å². The molecule has 268 valence electrons. The number of aliphatic hydroxyl groups excluding tert-OH is 1. The predicted molar refractivity (Wildman–Crippen MR) is 200 cm³/mol. The van der Waals surface area contributed by atoms with Crippen LogP contribution in [0.4, 0.5) is 0 Å². The number of allylic oxidation sites excluding steroid dienone is 2. The Morgan fingerprint density at radius 2 is 1.88 bits per heavy atom. The van der Waals surface area contributed by atoms with Gasteiger partial charge in [0.15, 0.2) is 11.5 Å². The average molecular weight is 716 g/mol. The SMILES string of the molecule is COC1=C(C)C(=O)OC1=C1OC2=CCCN3C(CC4C5CC6(CCC(CSSCC7=CCC(C)CC7C(O)C53)C6)C4c3ccccc3)C2C1C. The van der Waals surface area contributed by atoms with E-state index < -0.39 is 6.10 Å². The minimum absolute atomic E-state index is 0.00521. The summed E-state index contributed by atoms with van der Waals surface area (Å²) >= 11 is 0. The number of rotatable bonds is 2. The molecule has 5 aliphatic heterocycles. The van der Waals surface area contributed by atoms with Crippen molar-refractivity contribution in [3.05, 3.63) is 82.2 Å². The first-order valence-electron chi connectivity index (χ1n) is 19.3. The van der Waals surface area contributed by atoms with Gasteiger partial charge >= 0.3 is 5.97 Å². The third kappa shape index (κ3) is 5.31. The van der Waals surface area contributed by atoms with E-state index >= 15 is 0 Å². The lowest BCUT2D eigenvalue weighted by molar-refractivity contribution is -0.133. The number of carbonyl (C=O) groups is 1. The number of cyclic esters (lactones) is 1. The van der Waals surface area contributed by atoms with E-state index in [2.05, 4.69) is 72.0 Å². The molecule has 3 bridgehead atoms. The zero-order valence-corrected chi connectivity index (χ0v) is 31.6. The molecular weight excluding hydrogens is 663 g/mol. The number of carbonyl (C=O) groups excluding carboxylic acids is 1. The van der Waals surface area contributed by atoms with Crippen molar-refractivity contribution >= 4 is 27.6 Å². The Morgan fingerprint density at radius 1 is 1.04 bits per heavy atom. The molecule has 12 unspecified atom stereocenters. The second-order valence-corrected chi connectivity index (χ2v) is 19.5. The lowest BCUT2D eigenvalue weighted by Gasteiger charge is -2.54. The van der Waals surface area contributed by atoms with Crippen LogP contribution >= 0.6 is 21.6 Å². The zero-order chi connectivity index (χ0) is 34.3. The fourth-order valence-corrected chi connectivity index (χ4v) is 15.0. The predicted octanol–water partition coefficient (Wildman–Crippen LogP) is 8.62. The molecule has 0 aromatic heterocycles. The maximum absolute atomic E-state index is 13.1. The summed E-state index contributed by atoms with van der Waals surface area (Å²) in [6, 6.07) is 11.8. The van der Waals surface area contributed by atoms with E-state index in [1.165, 1.54) is 42.6 Å². The maximum atomic E-state index is 13.1. The Kier molecular flexibility index (Phi) is 8.81. The van der Waals surface area contributed by atoms with E-state index in [4.69, 9.17) is 14.2 Å². The smallest absolute Gasteiger partial charge is 0.343 e. The van der Waals surface area contributed by atoms with E-state index in [1.54, 1.807) is 14.0 Å². The van der Waals surface area contributed by atoms with Gasteiger partial charge in [-0.3, -0.25) is 4.90 Å². The lowest BCUT2D eigenvalue weighted by Crippen LogP contribution is -2.62. The quantitative estimate of drug-likeness (QED) is 0.186. The molecule has 1 N–H and O–H groups in total. The first-order chi connectivity index (χ1) is 24.3. The molecule has 1 aromatic carbocycles. The van der Waals surface area contributed by atoms with Gasteiger partial charge in [-0.1, -0.05) is 77.4 Å². The third-order valence-corrected chi connectivity index (χ3v) is 16.9. The number of hydrogen-bond donors (Lipinski definition) is 1. The summed E-state index contributed by atoms with van der Waals surface area (Å²) in [5.74, 6) is 7.65. The first kappa shape index (κ1) is 33.7. The lowest BCUT2D eigenvalue weighted by atomic mass is 9.65. The maximum Gasteiger partial charge on any atom is 0.343 e. The highest BCUT2D eigenvalue weighted by atomic mass is 33.1. The Labute approximate surface area is 305 Å². The van der Waals surface area contributed by atoms with Gasteiger partial charge in [0, 0.05) is 47.9 Å². The number of nitrogens with zero attached hydrogens (tertiary/aromatic N) is 1. The molecule has 9 rings (SSSR count). The summed E-state index contributed by atoms with van der Waals surface area (Å²) in [7, 11) is 5.73. The van der Waals surface area contributed by atoms with Crippen LogP contribution in [0.15, 0.2) is 76.7 Å². The highest BCUT2D eigenvalue weighted by Gasteiger charge is 2.64. The van der Waals surface area contributed by atoms with Crippen molar-refractivity contribution in [3.63, 3.8) is 0 Å². The summed E-state index contributed by atoms with van der Waals surface area (Å²) < 4.78 is 18.3. The van der Waals surface area contributed by atoms with Gasteiger partial charge in [0.25, 0.3) is 0 Å². The first-order valence-corrected chi connectivity index (χ1v) is 21.8. The van der Waals surface area contributed by atoms with E-state index in [9.17, 15) is 9.90 Å². The van der Waals surface area contributed by atoms with Gasteiger partial charge in [-0.05, 0) is 105 Å². The van der Waals surface area contributed by atoms with Crippen LogP contribution in [0, 0.1) is 46.8 Å². The molecule has 0 radical (unpaired) electrons. The Bertz CT molecular complexity index is 1650. The molecule has 1 spiro atoms. The molecule has 3 aliphatic carbocycles. The van der Waals surface area contributed by atoms with Crippen LogP contribution in [-0.2, 0) is 19.0 Å². The van der Waals surface area contributed by atoms with Crippen LogP contribution in [0.25, 0.3) is 0 Å². The van der Waals surface area contributed by atoms with Crippen molar-refractivity contribution in [3.8, 4) is 0 Å². The summed E-state index contributed by atoms with van der Waals surface area (Å²) in [6.45, 7) is 7.32. The monoisotopic (exact) mass is 715 g/mol. The summed E-state index contributed by atoms with van der Waals surface area (Å²) in [6.07, 6.45) is 13.7. The van der Waals surface area contributed by atoms with Gasteiger partial charge in [-0.25, -0.2) is 4.79 Å². The number of piperidine rings is 1.